The second-order valence-electron chi connectivity index (χ2n) is 5.18. The Morgan fingerprint density at radius 3 is 2.54 bits per heavy atom. The number of halogens is 5. The molecule has 1 amide bonds. The Morgan fingerprint density at radius 1 is 1.12 bits per heavy atom. The topological polar surface area (TPSA) is 20.3 Å². The lowest BCUT2D eigenvalue weighted by molar-refractivity contribution is -0.137. The van der Waals surface area contributed by atoms with Crippen molar-refractivity contribution in [2.75, 3.05) is 10.7 Å². The van der Waals surface area contributed by atoms with Crippen LogP contribution in [0.4, 0.5) is 18.9 Å². The zero-order valence-electron chi connectivity index (χ0n) is 12.0. The Labute approximate surface area is 150 Å². The summed E-state index contributed by atoms with van der Waals surface area (Å²) >= 11 is 13.2. The number of rotatable bonds is 2. The standard InChI is InChI=1S/C16H10Cl2F3NOS/c17-11-3-1-9(12(18)6-11)7-22-13-5-10(16(19,20)21)2-4-14(13)24-8-15(22)23/h1-6H,7-8H2. The van der Waals surface area contributed by atoms with E-state index in [0.29, 0.717) is 20.5 Å². The third-order valence-electron chi connectivity index (χ3n) is 3.57. The molecule has 0 saturated heterocycles. The molecule has 1 aliphatic rings. The molecular formula is C16H10Cl2F3NOS. The van der Waals surface area contributed by atoms with E-state index in [1.165, 1.54) is 28.8 Å². The van der Waals surface area contributed by atoms with E-state index in [9.17, 15) is 18.0 Å². The molecule has 126 valence electrons. The molecule has 2 aromatic carbocycles. The Bertz CT molecular complexity index is 810. The minimum Gasteiger partial charge on any atom is -0.306 e. The van der Waals surface area contributed by atoms with E-state index in [0.717, 1.165) is 12.1 Å². The second kappa shape index (κ2) is 6.50. The van der Waals surface area contributed by atoms with Gasteiger partial charge in [-0.05, 0) is 35.9 Å². The zero-order chi connectivity index (χ0) is 17.5. The summed E-state index contributed by atoms with van der Waals surface area (Å²) < 4.78 is 38.9. The van der Waals surface area contributed by atoms with Gasteiger partial charge in [0.05, 0.1) is 23.5 Å². The van der Waals surface area contributed by atoms with E-state index in [-0.39, 0.29) is 23.9 Å². The number of nitrogens with zero attached hydrogens (tertiary/aromatic N) is 1. The fourth-order valence-electron chi connectivity index (χ4n) is 2.37. The number of amides is 1. The van der Waals surface area contributed by atoms with Crippen LogP contribution in [0.25, 0.3) is 0 Å². The number of hydrogen-bond acceptors (Lipinski definition) is 2. The highest BCUT2D eigenvalue weighted by Gasteiger charge is 2.33. The van der Waals surface area contributed by atoms with Crippen LogP contribution in [0.5, 0.6) is 0 Å². The highest BCUT2D eigenvalue weighted by Crippen LogP contribution is 2.41. The first kappa shape index (κ1) is 17.5. The summed E-state index contributed by atoms with van der Waals surface area (Å²) in [6.45, 7) is 0.0870. The Morgan fingerprint density at radius 2 is 1.88 bits per heavy atom. The molecule has 3 rings (SSSR count). The van der Waals surface area contributed by atoms with E-state index >= 15 is 0 Å². The van der Waals surface area contributed by atoms with E-state index < -0.39 is 11.7 Å². The van der Waals surface area contributed by atoms with Crippen LogP contribution in [-0.2, 0) is 17.5 Å². The molecule has 0 saturated carbocycles. The van der Waals surface area contributed by atoms with Crippen molar-refractivity contribution >= 4 is 46.6 Å². The molecule has 0 bridgehead atoms. The number of hydrogen-bond donors (Lipinski definition) is 0. The van der Waals surface area contributed by atoms with Crippen molar-refractivity contribution in [1.82, 2.24) is 0 Å². The average Bonchev–Trinajstić information content (AvgIpc) is 2.51. The van der Waals surface area contributed by atoms with Gasteiger partial charge in [-0.1, -0.05) is 29.3 Å². The van der Waals surface area contributed by atoms with Crippen LogP contribution < -0.4 is 4.90 Å². The molecule has 8 heteroatoms. The molecule has 0 aliphatic carbocycles. The predicted molar refractivity (Wildman–Crippen MR) is 89.8 cm³/mol. The number of alkyl halides is 3. The summed E-state index contributed by atoms with van der Waals surface area (Å²) in [5.41, 5.74) is 0.0746. The summed E-state index contributed by atoms with van der Waals surface area (Å²) in [7, 11) is 0. The molecule has 0 unspecified atom stereocenters. The summed E-state index contributed by atoms with van der Waals surface area (Å²) in [4.78, 5) is 14.2. The van der Waals surface area contributed by atoms with Crippen molar-refractivity contribution in [3.63, 3.8) is 0 Å². The molecule has 2 aromatic rings. The normalized spacial score (nSPS) is 14.7. The minimum absolute atomic E-state index is 0.0870. The van der Waals surface area contributed by atoms with Gasteiger partial charge in [0, 0.05) is 14.9 Å². The first-order valence-electron chi connectivity index (χ1n) is 6.84. The van der Waals surface area contributed by atoms with Crippen LogP contribution in [0.3, 0.4) is 0 Å². The fourth-order valence-corrected chi connectivity index (χ4v) is 3.76. The highest BCUT2D eigenvalue weighted by atomic mass is 35.5. The highest BCUT2D eigenvalue weighted by molar-refractivity contribution is 8.00. The zero-order valence-corrected chi connectivity index (χ0v) is 14.4. The lowest BCUT2D eigenvalue weighted by atomic mass is 10.1. The predicted octanol–water partition coefficient (Wildman–Crippen LogP) is 5.65. The fraction of sp³-hybridized carbons (Fsp3) is 0.188. The molecule has 0 N–H and O–H groups in total. The van der Waals surface area contributed by atoms with Gasteiger partial charge in [-0.15, -0.1) is 11.8 Å². The van der Waals surface area contributed by atoms with Crippen LogP contribution >= 0.6 is 35.0 Å². The number of carbonyl (C=O) groups excluding carboxylic acids is 1. The number of fused-ring (bicyclic) bond motifs is 1. The van der Waals surface area contributed by atoms with Gasteiger partial charge in [0.25, 0.3) is 0 Å². The number of benzene rings is 2. The van der Waals surface area contributed by atoms with Gasteiger partial charge in [0.15, 0.2) is 0 Å². The summed E-state index contributed by atoms with van der Waals surface area (Å²) in [6.07, 6.45) is -4.47. The van der Waals surface area contributed by atoms with Gasteiger partial charge >= 0.3 is 6.18 Å². The largest absolute Gasteiger partial charge is 0.416 e. The first-order chi connectivity index (χ1) is 11.3. The summed E-state index contributed by atoms with van der Waals surface area (Å²) in [6, 6.07) is 8.24. The molecule has 1 aliphatic heterocycles. The molecule has 0 aromatic heterocycles. The van der Waals surface area contributed by atoms with Crippen molar-refractivity contribution in [1.29, 1.82) is 0 Å². The van der Waals surface area contributed by atoms with Crippen molar-refractivity contribution in [3.05, 3.63) is 57.6 Å². The molecule has 0 atom stereocenters. The lowest BCUT2D eigenvalue weighted by Crippen LogP contribution is -2.35. The maximum Gasteiger partial charge on any atom is 0.416 e. The Balaban J connectivity index is 2.01. The average molecular weight is 392 g/mol. The van der Waals surface area contributed by atoms with Gasteiger partial charge in [-0.25, -0.2) is 0 Å². The van der Waals surface area contributed by atoms with E-state index in [4.69, 9.17) is 23.2 Å². The first-order valence-corrected chi connectivity index (χ1v) is 8.58. The van der Waals surface area contributed by atoms with Crippen LogP contribution in [0.2, 0.25) is 10.0 Å². The van der Waals surface area contributed by atoms with E-state index in [2.05, 4.69) is 0 Å². The molecule has 0 fully saturated rings. The third kappa shape index (κ3) is 3.50. The van der Waals surface area contributed by atoms with Crippen molar-refractivity contribution in [2.45, 2.75) is 17.6 Å². The summed E-state index contributed by atoms with van der Waals surface area (Å²) in [5.74, 6) is -0.0957. The Hall–Kier alpha value is -1.37. The second-order valence-corrected chi connectivity index (χ2v) is 7.05. The molecule has 1 heterocycles. The Kier molecular flexibility index (Phi) is 4.73. The van der Waals surface area contributed by atoms with Crippen molar-refractivity contribution < 1.29 is 18.0 Å². The minimum atomic E-state index is -4.47. The van der Waals surface area contributed by atoms with E-state index in [1.807, 2.05) is 0 Å². The van der Waals surface area contributed by atoms with Crippen molar-refractivity contribution in [2.24, 2.45) is 0 Å². The lowest BCUT2D eigenvalue weighted by Gasteiger charge is -2.30. The summed E-state index contributed by atoms with van der Waals surface area (Å²) in [5, 5.41) is 0.811. The molecule has 0 radical (unpaired) electrons. The molecule has 0 spiro atoms. The van der Waals surface area contributed by atoms with Gasteiger partial charge in [-0.2, -0.15) is 13.2 Å². The van der Waals surface area contributed by atoms with Crippen LogP contribution in [0.1, 0.15) is 11.1 Å². The SMILES string of the molecule is O=C1CSc2ccc(C(F)(F)F)cc2N1Cc1ccc(Cl)cc1Cl. The monoisotopic (exact) mass is 391 g/mol. The maximum atomic E-state index is 13.0. The quantitative estimate of drug-likeness (QED) is 0.658. The molecular weight excluding hydrogens is 382 g/mol. The maximum absolute atomic E-state index is 13.0. The molecule has 2 nitrogen and oxygen atoms in total. The number of anilines is 1. The van der Waals surface area contributed by atoms with Crippen molar-refractivity contribution in [3.8, 4) is 0 Å². The smallest absolute Gasteiger partial charge is 0.306 e. The van der Waals surface area contributed by atoms with Crippen LogP contribution in [-0.4, -0.2) is 11.7 Å². The van der Waals surface area contributed by atoms with Crippen LogP contribution in [0, 0.1) is 0 Å². The molecule has 24 heavy (non-hydrogen) atoms. The van der Waals surface area contributed by atoms with Crippen LogP contribution in [0.15, 0.2) is 41.3 Å². The van der Waals surface area contributed by atoms with Gasteiger partial charge in [-0.3, -0.25) is 4.79 Å². The van der Waals surface area contributed by atoms with Gasteiger partial charge in [0.2, 0.25) is 5.91 Å². The number of carbonyl (C=O) groups is 1. The number of thioether (sulfide) groups is 1. The van der Waals surface area contributed by atoms with Gasteiger partial charge in [0.1, 0.15) is 0 Å². The third-order valence-corrected chi connectivity index (χ3v) is 5.21. The van der Waals surface area contributed by atoms with Gasteiger partial charge < -0.3 is 4.90 Å². The van der Waals surface area contributed by atoms with E-state index in [1.54, 1.807) is 12.1 Å².